The van der Waals surface area contributed by atoms with Gasteiger partial charge in [0.25, 0.3) is 5.91 Å². The van der Waals surface area contributed by atoms with Gasteiger partial charge in [0.05, 0.1) is 0 Å². The van der Waals surface area contributed by atoms with E-state index < -0.39 is 0 Å². The maximum absolute atomic E-state index is 13.3. The summed E-state index contributed by atoms with van der Waals surface area (Å²) in [4.78, 5) is 14.5. The minimum absolute atomic E-state index is 0.0931. The highest BCUT2D eigenvalue weighted by atomic mass is 19.1. The number of piperidine rings is 1. The molecule has 0 radical (unpaired) electrons. The summed E-state index contributed by atoms with van der Waals surface area (Å²) in [5.41, 5.74) is 1.34. The fourth-order valence-electron chi connectivity index (χ4n) is 3.42. The molecule has 1 amide bonds. The third-order valence-electron chi connectivity index (χ3n) is 4.83. The van der Waals surface area contributed by atoms with Gasteiger partial charge in [-0.15, -0.1) is 5.10 Å². The van der Waals surface area contributed by atoms with Crippen LogP contribution in [0.4, 0.5) is 8.78 Å². The molecule has 1 fully saturated rings. The number of benzene rings is 2. The first kappa shape index (κ1) is 18.2. The number of nitrogens with zero attached hydrogens (tertiary/aromatic N) is 2. The summed E-state index contributed by atoms with van der Waals surface area (Å²) in [6, 6.07) is 13.2. The maximum atomic E-state index is 13.3. The van der Waals surface area contributed by atoms with E-state index in [4.69, 9.17) is 4.74 Å². The quantitative estimate of drug-likeness (QED) is 0.722. The van der Waals surface area contributed by atoms with E-state index in [0.29, 0.717) is 30.3 Å². The molecular weight excluding hydrogens is 364 g/mol. The summed E-state index contributed by atoms with van der Waals surface area (Å²) in [7, 11) is 0. The van der Waals surface area contributed by atoms with Crippen LogP contribution in [0.15, 0.2) is 54.6 Å². The normalized spacial score (nSPS) is 16.8. The van der Waals surface area contributed by atoms with Crippen molar-refractivity contribution in [1.82, 2.24) is 15.1 Å². The van der Waals surface area contributed by atoms with Crippen LogP contribution < -0.4 is 4.74 Å². The molecule has 0 spiro atoms. The second-order valence-electron chi connectivity index (χ2n) is 6.82. The standard InChI is InChI=1S/C21H19F2N3O2/c22-16-8-6-14(7-9-16)21(27)26-10-2-3-15(13-26)19-12-20(25-24-19)28-18-5-1-4-17(23)11-18/h1,4-9,11-12,15H,2-3,10,13H2,(H,24,25)/t15-/m0/s1. The van der Waals surface area contributed by atoms with Crippen LogP contribution in [-0.2, 0) is 0 Å². The van der Waals surface area contributed by atoms with E-state index in [1.54, 1.807) is 23.1 Å². The number of hydrogen-bond acceptors (Lipinski definition) is 3. The van der Waals surface area contributed by atoms with Gasteiger partial charge in [0.2, 0.25) is 5.88 Å². The molecule has 4 rings (SSSR count). The Morgan fingerprint density at radius 1 is 1.11 bits per heavy atom. The van der Waals surface area contributed by atoms with Gasteiger partial charge >= 0.3 is 0 Å². The van der Waals surface area contributed by atoms with E-state index in [2.05, 4.69) is 10.2 Å². The topological polar surface area (TPSA) is 58.2 Å². The van der Waals surface area contributed by atoms with Crippen LogP contribution in [-0.4, -0.2) is 34.1 Å². The molecule has 5 nitrogen and oxygen atoms in total. The second-order valence-corrected chi connectivity index (χ2v) is 6.82. The van der Waals surface area contributed by atoms with Crippen molar-refractivity contribution in [2.75, 3.05) is 13.1 Å². The van der Waals surface area contributed by atoms with Crippen molar-refractivity contribution in [3.05, 3.63) is 77.5 Å². The lowest BCUT2D eigenvalue weighted by Gasteiger charge is -2.32. The minimum atomic E-state index is -0.379. The highest BCUT2D eigenvalue weighted by Gasteiger charge is 2.27. The van der Waals surface area contributed by atoms with Gasteiger partial charge in [0, 0.05) is 42.4 Å². The number of aromatic nitrogens is 2. The number of likely N-dealkylation sites (tertiary alicyclic amines) is 1. The molecule has 2 heterocycles. The minimum Gasteiger partial charge on any atom is -0.437 e. The molecule has 1 saturated heterocycles. The van der Waals surface area contributed by atoms with Crippen molar-refractivity contribution < 1.29 is 18.3 Å². The van der Waals surface area contributed by atoms with Crippen LogP contribution in [0.3, 0.4) is 0 Å². The van der Waals surface area contributed by atoms with Gasteiger partial charge in [-0.1, -0.05) is 6.07 Å². The van der Waals surface area contributed by atoms with Crippen molar-refractivity contribution in [3.8, 4) is 11.6 Å². The first-order valence-corrected chi connectivity index (χ1v) is 9.12. The van der Waals surface area contributed by atoms with E-state index in [1.807, 2.05) is 0 Å². The number of halogens is 2. The van der Waals surface area contributed by atoms with E-state index in [0.717, 1.165) is 18.5 Å². The Morgan fingerprint density at radius 2 is 1.93 bits per heavy atom. The van der Waals surface area contributed by atoms with Crippen molar-refractivity contribution in [2.45, 2.75) is 18.8 Å². The van der Waals surface area contributed by atoms with Crippen LogP contribution in [0.2, 0.25) is 0 Å². The van der Waals surface area contributed by atoms with Crippen LogP contribution in [0, 0.1) is 11.6 Å². The molecule has 2 aromatic carbocycles. The Labute approximate surface area is 160 Å². The number of carbonyl (C=O) groups is 1. The summed E-state index contributed by atoms with van der Waals surface area (Å²) in [6.07, 6.45) is 1.77. The van der Waals surface area contributed by atoms with Crippen molar-refractivity contribution in [2.24, 2.45) is 0 Å². The molecule has 7 heteroatoms. The van der Waals surface area contributed by atoms with Gasteiger partial charge < -0.3 is 9.64 Å². The third-order valence-corrected chi connectivity index (χ3v) is 4.83. The number of hydrogen-bond donors (Lipinski definition) is 1. The highest BCUT2D eigenvalue weighted by molar-refractivity contribution is 5.94. The first-order valence-electron chi connectivity index (χ1n) is 9.12. The summed E-state index contributed by atoms with van der Waals surface area (Å²) < 4.78 is 32.0. The zero-order valence-corrected chi connectivity index (χ0v) is 15.1. The molecule has 1 atom stereocenters. The summed E-state index contributed by atoms with van der Waals surface area (Å²) in [5.74, 6) is -0.0415. The summed E-state index contributed by atoms with van der Waals surface area (Å²) in [6.45, 7) is 1.20. The summed E-state index contributed by atoms with van der Waals surface area (Å²) in [5, 5.41) is 7.10. The highest BCUT2D eigenvalue weighted by Crippen LogP contribution is 2.29. The monoisotopic (exact) mass is 383 g/mol. The molecule has 1 N–H and O–H groups in total. The molecule has 1 aliphatic rings. The van der Waals surface area contributed by atoms with Crippen molar-refractivity contribution >= 4 is 5.91 Å². The number of carbonyl (C=O) groups excluding carboxylic acids is 1. The predicted molar refractivity (Wildman–Crippen MR) is 99.3 cm³/mol. The number of H-pyrrole nitrogens is 1. The number of aromatic amines is 1. The number of ether oxygens (including phenoxy) is 1. The number of rotatable bonds is 4. The van der Waals surface area contributed by atoms with Crippen LogP contribution in [0.25, 0.3) is 0 Å². The van der Waals surface area contributed by atoms with Crippen LogP contribution in [0.5, 0.6) is 11.6 Å². The Morgan fingerprint density at radius 3 is 2.71 bits per heavy atom. The molecule has 1 aromatic heterocycles. The van der Waals surface area contributed by atoms with Gasteiger partial charge in [0.1, 0.15) is 17.4 Å². The lowest BCUT2D eigenvalue weighted by molar-refractivity contribution is 0.0706. The molecule has 1 aliphatic heterocycles. The predicted octanol–water partition coefficient (Wildman–Crippen LogP) is 4.50. The average molecular weight is 383 g/mol. The molecule has 144 valence electrons. The van der Waals surface area contributed by atoms with Gasteiger partial charge in [-0.3, -0.25) is 9.89 Å². The Balaban J connectivity index is 1.44. The molecule has 28 heavy (non-hydrogen) atoms. The van der Waals surface area contributed by atoms with E-state index in [9.17, 15) is 13.6 Å². The largest absolute Gasteiger partial charge is 0.437 e. The third kappa shape index (κ3) is 4.03. The second kappa shape index (κ2) is 7.80. The molecule has 0 saturated carbocycles. The molecule has 0 bridgehead atoms. The van der Waals surface area contributed by atoms with Crippen molar-refractivity contribution in [1.29, 1.82) is 0 Å². The van der Waals surface area contributed by atoms with E-state index in [-0.39, 0.29) is 23.5 Å². The maximum Gasteiger partial charge on any atom is 0.253 e. The van der Waals surface area contributed by atoms with Crippen molar-refractivity contribution in [3.63, 3.8) is 0 Å². The van der Waals surface area contributed by atoms with Gasteiger partial charge in [0.15, 0.2) is 0 Å². The van der Waals surface area contributed by atoms with Gasteiger partial charge in [-0.25, -0.2) is 8.78 Å². The zero-order chi connectivity index (χ0) is 19.5. The van der Waals surface area contributed by atoms with Crippen LogP contribution >= 0.6 is 0 Å². The fraction of sp³-hybridized carbons (Fsp3) is 0.238. The summed E-state index contributed by atoms with van der Waals surface area (Å²) >= 11 is 0. The lowest BCUT2D eigenvalue weighted by Crippen LogP contribution is -2.39. The molecular formula is C21H19F2N3O2. The lowest BCUT2D eigenvalue weighted by atomic mass is 9.94. The van der Waals surface area contributed by atoms with Gasteiger partial charge in [-0.2, -0.15) is 0 Å². The molecule has 3 aromatic rings. The Kier molecular flexibility index (Phi) is 5.06. The first-order chi connectivity index (χ1) is 13.6. The molecule has 0 unspecified atom stereocenters. The van der Waals surface area contributed by atoms with E-state index >= 15 is 0 Å². The fourth-order valence-corrected chi connectivity index (χ4v) is 3.42. The Hall–Kier alpha value is -3.22. The number of nitrogens with one attached hydrogen (secondary N) is 1. The smallest absolute Gasteiger partial charge is 0.253 e. The van der Waals surface area contributed by atoms with E-state index in [1.165, 1.54) is 36.4 Å². The Bertz CT molecular complexity index is 972. The zero-order valence-electron chi connectivity index (χ0n) is 15.1. The van der Waals surface area contributed by atoms with Gasteiger partial charge in [-0.05, 0) is 49.2 Å². The average Bonchev–Trinajstić information content (AvgIpc) is 3.17. The molecule has 0 aliphatic carbocycles. The SMILES string of the molecule is O=C(c1ccc(F)cc1)N1CCC[C@H](c2cc(Oc3cccc(F)c3)n[nH]2)C1. The van der Waals surface area contributed by atoms with Crippen LogP contribution in [0.1, 0.15) is 34.8 Å². The number of amides is 1.